The van der Waals surface area contributed by atoms with Crippen LogP contribution in [0.4, 0.5) is 15.8 Å². The van der Waals surface area contributed by atoms with Crippen LogP contribution in [0.3, 0.4) is 0 Å². The molecule has 0 aromatic heterocycles. The maximum Gasteiger partial charge on any atom is 0.239 e. The fourth-order valence-electron chi connectivity index (χ4n) is 2.54. The average molecular weight is 312 g/mol. The van der Waals surface area contributed by atoms with Gasteiger partial charge < -0.3 is 11.1 Å². The Morgan fingerprint density at radius 2 is 2.14 bits per heavy atom. The molecule has 2 rings (SSSR count). The molecule has 1 aromatic rings. The van der Waals surface area contributed by atoms with E-state index in [2.05, 4.69) is 5.32 Å². The molecule has 1 aliphatic carbocycles. The van der Waals surface area contributed by atoms with Gasteiger partial charge in [-0.25, -0.2) is 4.39 Å². The maximum atomic E-state index is 13.1. The highest BCUT2D eigenvalue weighted by Crippen LogP contribution is 2.26. The van der Waals surface area contributed by atoms with Crippen LogP contribution >= 0.6 is 0 Å². The van der Waals surface area contributed by atoms with Gasteiger partial charge >= 0.3 is 0 Å². The number of hydrogen-bond acceptors (Lipinski definition) is 3. The molecular formula is C15H21FN2O2S. The Kier molecular flexibility index (Phi) is 5.33. The van der Waals surface area contributed by atoms with Crippen molar-refractivity contribution in [2.75, 3.05) is 16.8 Å². The Morgan fingerprint density at radius 3 is 2.76 bits per heavy atom. The van der Waals surface area contributed by atoms with Crippen molar-refractivity contribution in [2.24, 2.45) is 5.92 Å². The van der Waals surface area contributed by atoms with Crippen molar-refractivity contribution < 1.29 is 13.4 Å². The second-order valence-electron chi connectivity index (χ2n) is 5.57. The standard InChI is InChI=1S/C15H21FN2O2S/c1-10(21(20)9-11-4-2-3-5-11)15(19)18-12-6-7-13(16)14(17)8-12/h6-8,10-11H,2-5,9,17H2,1H3,(H,18,19). The number of hydrogen-bond donors (Lipinski definition) is 2. The van der Waals surface area contributed by atoms with E-state index in [0.29, 0.717) is 17.4 Å². The van der Waals surface area contributed by atoms with Crippen molar-refractivity contribution >= 4 is 28.1 Å². The molecule has 1 amide bonds. The molecule has 21 heavy (non-hydrogen) atoms. The van der Waals surface area contributed by atoms with E-state index in [9.17, 15) is 13.4 Å². The van der Waals surface area contributed by atoms with E-state index in [4.69, 9.17) is 5.73 Å². The first kappa shape index (κ1) is 15.9. The second-order valence-corrected chi connectivity index (χ2v) is 7.37. The number of amides is 1. The number of carbonyl (C=O) groups is 1. The van der Waals surface area contributed by atoms with Gasteiger partial charge in [-0.05, 0) is 43.9 Å². The van der Waals surface area contributed by atoms with Crippen LogP contribution in [0.1, 0.15) is 32.6 Å². The van der Waals surface area contributed by atoms with E-state index in [-0.39, 0.29) is 11.6 Å². The zero-order valence-electron chi connectivity index (χ0n) is 12.1. The molecule has 0 radical (unpaired) electrons. The number of nitrogens with two attached hydrogens (primary N) is 1. The predicted octanol–water partition coefficient (Wildman–Crippen LogP) is 2.67. The van der Waals surface area contributed by atoms with Crippen LogP contribution in [0.15, 0.2) is 18.2 Å². The Labute approximate surface area is 126 Å². The van der Waals surface area contributed by atoms with Gasteiger partial charge in [-0.3, -0.25) is 9.00 Å². The van der Waals surface area contributed by atoms with Gasteiger partial charge in [0, 0.05) is 22.2 Å². The van der Waals surface area contributed by atoms with Crippen LogP contribution in [0.5, 0.6) is 0 Å². The smallest absolute Gasteiger partial charge is 0.239 e. The van der Waals surface area contributed by atoms with E-state index in [0.717, 1.165) is 12.8 Å². The third-order valence-electron chi connectivity index (χ3n) is 3.90. The summed E-state index contributed by atoms with van der Waals surface area (Å²) in [6.07, 6.45) is 4.59. The monoisotopic (exact) mass is 312 g/mol. The highest BCUT2D eigenvalue weighted by Gasteiger charge is 2.25. The van der Waals surface area contributed by atoms with E-state index in [1.54, 1.807) is 6.92 Å². The van der Waals surface area contributed by atoms with Gasteiger partial charge in [0.2, 0.25) is 5.91 Å². The fourth-order valence-corrected chi connectivity index (χ4v) is 3.92. The van der Waals surface area contributed by atoms with Crippen LogP contribution < -0.4 is 11.1 Å². The number of nitrogen functional groups attached to an aromatic ring is 1. The Morgan fingerprint density at radius 1 is 1.48 bits per heavy atom. The lowest BCUT2D eigenvalue weighted by molar-refractivity contribution is -0.115. The lowest BCUT2D eigenvalue weighted by Gasteiger charge is -2.15. The van der Waals surface area contributed by atoms with Crippen LogP contribution in [-0.4, -0.2) is 21.1 Å². The quantitative estimate of drug-likeness (QED) is 0.821. The Hall–Kier alpha value is -1.43. The van der Waals surface area contributed by atoms with Crippen LogP contribution in [0, 0.1) is 11.7 Å². The minimum absolute atomic E-state index is 0.0208. The first-order valence-electron chi connectivity index (χ1n) is 7.20. The van der Waals surface area contributed by atoms with Gasteiger partial charge in [-0.15, -0.1) is 0 Å². The maximum absolute atomic E-state index is 13.1. The molecule has 0 spiro atoms. The molecule has 2 unspecified atom stereocenters. The van der Waals surface area contributed by atoms with Crippen molar-refractivity contribution in [1.82, 2.24) is 0 Å². The molecule has 0 saturated heterocycles. The third-order valence-corrected chi connectivity index (χ3v) is 5.70. The second kappa shape index (κ2) is 7.02. The largest absolute Gasteiger partial charge is 0.396 e. The first-order valence-corrected chi connectivity index (χ1v) is 8.58. The Balaban J connectivity index is 1.91. The van der Waals surface area contributed by atoms with E-state index >= 15 is 0 Å². The average Bonchev–Trinajstić information content (AvgIpc) is 2.94. The van der Waals surface area contributed by atoms with Crippen molar-refractivity contribution in [3.8, 4) is 0 Å². The number of nitrogens with one attached hydrogen (secondary N) is 1. The number of benzene rings is 1. The van der Waals surface area contributed by atoms with Crippen LogP contribution in [-0.2, 0) is 15.6 Å². The van der Waals surface area contributed by atoms with E-state index < -0.39 is 21.9 Å². The molecule has 1 fully saturated rings. The van der Waals surface area contributed by atoms with E-state index in [1.807, 2.05) is 0 Å². The molecule has 0 aliphatic heterocycles. The van der Waals surface area contributed by atoms with Gasteiger partial charge in [0.25, 0.3) is 0 Å². The van der Waals surface area contributed by atoms with Crippen molar-refractivity contribution in [2.45, 2.75) is 37.9 Å². The molecule has 0 heterocycles. The van der Waals surface area contributed by atoms with Crippen LogP contribution in [0.2, 0.25) is 0 Å². The normalized spacial score (nSPS) is 18.4. The van der Waals surface area contributed by atoms with E-state index in [1.165, 1.54) is 31.0 Å². The number of carbonyl (C=O) groups excluding carboxylic acids is 1. The SMILES string of the molecule is CC(C(=O)Nc1ccc(F)c(N)c1)S(=O)CC1CCCC1. The summed E-state index contributed by atoms with van der Waals surface area (Å²) in [6.45, 7) is 1.66. The zero-order valence-corrected chi connectivity index (χ0v) is 12.9. The summed E-state index contributed by atoms with van der Waals surface area (Å²) in [6, 6.07) is 4.00. The summed E-state index contributed by atoms with van der Waals surface area (Å²) in [7, 11) is -1.19. The third kappa shape index (κ3) is 4.27. The molecule has 116 valence electrons. The van der Waals surface area contributed by atoms with Gasteiger partial charge in [-0.2, -0.15) is 0 Å². The lowest BCUT2D eigenvalue weighted by Crippen LogP contribution is -2.31. The van der Waals surface area contributed by atoms with Gasteiger partial charge in [0.15, 0.2) is 0 Å². The summed E-state index contributed by atoms with van der Waals surface area (Å²) in [5.41, 5.74) is 5.85. The zero-order chi connectivity index (χ0) is 15.4. The highest BCUT2D eigenvalue weighted by molar-refractivity contribution is 7.86. The molecule has 3 N–H and O–H groups in total. The van der Waals surface area contributed by atoms with Crippen molar-refractivity contribution in [3.63, 3.8) is 0 Å². The first-order chi connectivity index (χ1) is 9.97. The minimum atomic E-state index is -1.19. The lowest BCUT2D eigenvalue weighted by atomic mass is 10.1. The molecule has 1 aliphatic rings. The number of rotatable bonds is 5. The molecule has 2 atom stereocenters. The molecule has 1 aromatic carbocycles. The van der Waals surface area contributed by atoms with Gasteiger partial charge in [-0.1, -0.05) is 12.8 Å². The summed E-state index contributed by atoms with van der Waals surface area (Å²) in [5, 5.41) is 2.05. The molecule has 1 saturated carbocycles. The minimum Gasteiger partial charge on any atom is -0.396 e. The number of halogens is 1. The summed E-state index contributed by atoms with van der Waals surface area (Å²) >= 11 is 0. The number of anilines is 2. The molecule has 0 bridgehead atoms. The summed E-state index contributed by atoms with van der Waals surface area (Å²) < 4.78 is 25.3. The van der Waals surface area contributed by atoms with Gasteiger partial charge in [0.1, 0.15) is 11.1 Å². The molecule has 4 nitrogen and oxygen atoms in total. The van der Waals surface area contributed by atoms with Crippen LogP contribution in [0.25, 0.3) is 0 Å². The Bertz CT molecular complexity index is 544. The fraction of sp³-hybridized carbons (Fsp3) is 0.533. The summed E-state index contributed by atoms with van der Waals surface area (Å²) in [5.74, 6) is 0.214. The molecular weight excluding hydrogens is 291 g/mol. The topological polar surface area (TPSA) is 72.2 Å². The highest BCUT2D eigenvalue weighted by atomic mass is 32.2. The van der Waals surface area contributed by atoms with Crippen molar-refractivity contribution in [3.05, 3.63) is 24.0 Å². The predicted molar refractivity (Wildman–Crippen MR) is 83.9 cm³/mol. The summed E-state index contributed by atoms with van der Waals surface area (Å²) in [4.78, 5) is 12.1. The molecule has 6 heteroatoms. The van der Waals surface area contributed by atoms with Crippen molar-refractivity contribution in [1.29, 1.82) is 0 Å². The van der Waals surface area contributed by atoms with Gasteiger partial charge in [0.05, 0.1) is 5.69 Å².